The van der Waals surface area contributed by atoms with Gasteiger partial charge in [-0.1, -0.05) is 35.5 Å². The van der Waals surface area contributed by atoms with Crippen molar-refractivity contribution in [2.24, 2.45) is 5.92 Å². The van der Waals surface area contributed by atoms with Crippen LogP contribution in [-0.4, -0.2) is 76.8 Å². The first-order valence-corrected chi connectivity index (χ1v) is 12.3. The number of aryl methyl sites for hydroxylation is 1. The van der Waals surface area contributed by atoms with Gasteiger partial charge in [-0.25, -0.2) is 0 Å². The van der Waals surface area contributed by atoms with Gasteiger partial charge in [0.2, 0.25) is 5.91 Å². The number of ether oxygens (including phenoxy) is 1. The van der Waals surface area contributed by atoms with Crippen LogP contribution in [0.3, 0.4) is 0 Å². The number of fused-ring (bicyclic) bond motifs is 5. The van der Waals surface area contributed by atoms with Crippen LogP contribution in [0.4, 0.5) is 6.01 Å². The summed E-state index contributed by atoms with van der Waals surface area (Å²) >= 11 is 0. The minimum absolute atomic E-state index is 0.171. The van der Waals surface area contributed by atoms with Crippen LogP contribution < -0.4 is 4.90 Å². The van der Waals surface area contributed by atoms with Crippen molar-refractivity contribution in [2.75, 3.05) is 37.7 Å². The molecule has 1 aromatic carbocycles. The summed E-state index contributed by atoms with van der Waals surface area (Å²) in [6.45, 7) is 8.81. The summed E-state index contributed by atoms with van der Waals surface area (Å²) in [6.07, 6.45) is 4.17. The van der Waals surface area contributed by atoms with E-state index in [0.29, 0.717) is 43.0 Å². The zero-order valence-corrected chi connectivity index (χ0v) is 19.7. The molecule has 3 atom stereocenters. The third kappa shape index (κ3) is 4.92. The van der Waals surface area contributed by atoms with Gasteiger partial charge in [0.25, 0.3) is 0 Å². The number of aromatic nitrogens is 2. The smallest absolute Gasteiger partial charge is 0.324 e. The molecule has 33 heavy (non-hydrogen) atoms. The minimum atomic E-state index is 0.171. The molecular weight excluding hydrogens is 418 g/mol. The molecule has 0 spiro atoms. The molecule has 4 fully saturated rings. The fourth-order valence-electron chi connectivity index (χ4n) is 5.91. The average molecular weight is 454 g/mol. The van der Waals surface area contributed by atoms with Crippen LogP contribution in [0.25, 0.3) is 0 Å². The number of rotatable bonds is 5. The lowest BCUT2D eigenvalue weighted by molar-refractivity contribution is -0.133. The van der Waals surface area contributed by atoms with Crippen LogP contribution in [0.15, 0.2) is 34.9 Å². The Morgan fingerprint density at radius 1 is 1.18 bits per heavy atom. The molecule has 5 heterocycles. The maximum Gasteiger partial charge on any atom is 0.324 e. The summed E-state index contributed by atoms with van der Waals surface area (Å²) in [6, 6.07) is 12.1. The van der Waals surface area contributed by atoms with Crippen molar-refractivity contribution < 1.29 is 14.1 Å². The van der Waals surface area contributed by atoms with Gasteiger partial charge in [0.1, 0.15) is 0 Å². The van der Waals surface area contributed by atoms with Crippen molar-refractivity contribution in [1.29, 1.82) is 0 Å². The number of anilines is 1. The maximum atomic E-state index is 12.5. The van der Waals surface area contributed by atoms with Crippen LogP contribution in [0.1, 0.15) is 44.0 Å². The molecular formula is C25H35N5O3. The number of piperidine rings is 2. The lowest BCUT2D eigenvalue weighted by Crippen LogP contribution is -2.60. The normalized spacial score (nSPS) is 26.7. The number of nitrogens with zero attached hydrogens (tertiary/aromatic N) is 5. The zero-order chi connectivity index (χ0) is 22.8. The Morgan fingerprint density at radius 3 is 2.67 bits per heavy atom. The molecule has 0 aliphatic carbocycles. The molecule has 2 aromatic rings. The van der Waals surface area contributed by atoms with Crippen LogP contribution in [0.2, 0.25) is 0 Å². The van der Waals surface area contributed by atoms with E-state index in [9.17, 15) is 4.79 Å². The third-order valence-corrected chi connectivity index (χ3v) is 7.64. The molecule has 8 nitrogen and oxygen atoms in total. The number of hydrogen-bond acceptors (Lipinski definition) is 7. The van der Waals surface area contributed by atoms with Crippen LogP contribution in [-0.2, 0) is 16.1 Å². The number of hydrogen-bond donors (Lipinski definition) is 0. The van der Waals surface area contributed by atoms with E-state index in [4.69, 9.17) is 9.26 Å². The standard InChI is InChI=1S/C25H35N5O3/c1-18-26-25(33-27-18)30-16-21-10-13-32-17-23(30)14-24(21)28-11-8-22(9-12-28)29(19(2)31)15-20-6-4-3-5-7-20/h3-7,21-24H,8-17H2,1-2H3. The minimum Gasteiger partial charge on any atom is -0.379 e. The molecule has 1 amide bonds. The van der Waals surface area contributed by atoms with Crippen molar-refractivity contribution in [2.45, 2.75) is 64.2 Å². The Kier molecular flexibility index (Phi) is 6.64. The Hall–Kier alpha value is -2.45. The van der Waals surface area contributed by atoms with Crippen LogP contribution in [0, 0.1) is 12.8 Å². The van der Waals surface area contributed by atoms with E-state index < -0.39 is 0 Å². The van der Waals surface area contributed by atoms with E-state index in [1.165, 1.54) is 5.56 Å². The van der Waals surface area contributed by atoms with Crippen molar-refractivity contribution >= 4 is 11.9 Å². The highest BCUT2D eigenvalue weighted by Gasteiger charge is 2.42. The molecule has 8 heteroatoms. The molecule has 0 saturated carbocycles. The van der Waals surface area contributed by atoms with Gasteiger partial charge in [-0.3, -0.25) is 9.69 Å². The van der Waals surface area contributed by atoms with Gasteiger partial charge in [0, 0.05) is 51.8 Å². The van der Waals surface area contributed by atoms with E-state index in [1.54, 1.807) is 6.92 Å². The summed E-state index contributed by atoms with van der Waals surface area (Å²) in [7, 11) is 0. The molecule has 2 bridgehead atoms. The van der Waals surface area contributed by atoms with Gasteiger partial charge in [0.15, 0.2) is 5.82 Å². The second kappa shape index (κ2) is 9.81. The Morgan fingerprint density at radius 2 is 1.97 bits per heavy atom. The quantitative estimate of drug-likeness (QED) is 0.689. The summed E-state index contributed by atoms with van der Waals surface area (Å²) < 4.78 is 11.4. The lowest BCUT2D eigenvalue weighted by atomic mass is 9.82. The summed E-state index contributed by atoms with van der Waals surface area (Å²) in [5.41, 5.74) is 1.20. The first-order valence-electron chi connectivity index (χ1n) is 12.3. The fourth-order valence-corrected chi connectivity index (χ4v) is 5.91. The largest absolute Gasteiger partial charge is 0.379 e. The molecule has 4 aliphatic rings. The molecule has 4 aliphatic heterocycles. The monoisotopic (exact) mass is 453 g/mol. The number of benzene rings is 1. The molecule has 178 valence electrons. The van der Waals surface area contributed by atoms with Gasteiger partial charge in [-0.2, -0.15) is 4.98 Å². The molecule has 3 unspecified atom stereocenters. The lowest BCUT2D eigenvalue weighted by Gasteiger charge is -2.50. The second-order valence-electron chi connectivity index (χ2n) is 9.76. The first kappa shape index (κ1) is 22.3. The van der Waals surface area contributed by atoms with Crippen LogP contribution in [0.5, 0.6) is 0 Å². The number of likely N-dealkylation sites (tertiary alicyclic amines) is 1. The van der Waals surface area contributed by atoms with E-state index in [0.717, 1.165) is 51.9 Å². The van der Waals surface area contributed by atoms with E-state index >= 15 is 0 Å². The zero-order valence-electron chi connectivity index (χ0n) is 19.7. The molecule has 4 saturated heterocycles. The number of amides is 1. The third-order valence-electron chi connectivity index (χ3n) is 7.64. The molecule has 1 aromatic heterocycles. The van der Waals surface area contributed by atoms with Gasteiger partial charge >= 0.3 is 6.01 Å². The van der Waals surface area contributed by atoms with Gasteiger partial charge in [-0.05, 0) is 44.1 Å². The number of carbonyl (C=O) groups excluding carboxylic acids is 1. The first-order chi connectivity index (χ1) is 16.1. The predicted molar refractivity (Wildman–Crippen MR) is 125 cm³/mol. The van der Waals surface area contributed by atoms with Gasteiger partial charge in [-0.15, -0.1) is 0 Å². The Balaban J connectivity index is 1.23. The Bertz CT molecular complexity index is 927. The average Bonchev–Trinajstić information content (AvgIpc) is 3.24. The van der Waals surface area contributed by atoms with E-state index in [-0.39, 0.29) is 11.9 Å². The van der Waals surface area contributed by atoms with Gasteiger partial charge < -0.3 is 19.1 Å². The molecule has 0 radical (unpaired) electrons. The van der Waals surface area contributed by atoms with Crippen molar-refractivity contribution in [1.82, 2.24) is 19.9 Å². The Labute approximate surface area is 195 Å². The van der Waals surface area contributed by atoms with Crippen LogP contribution >= 0.6 is 0 Å². The highest BCUT2D eigenvalue weighted by molar-refractivity contribution is 5.73. The highest BCUT2D eigenvalue weighted by atomic mass is 16.5. The topological polar surface area (TPSA) is 74.9 Å². The second-order valence-corrected chi connectivity index (χ2v) is 9.76. The van der Waals surface area contributed by atoms with E-state index in [1.807, 2.05) is 25.1 Å². The molecule has 0 N–H and O–H groups in total. The maximum absolute atomic E-state index is 12.5. The fraction of sp³-hybridized carbons (Fsp3) is 0.640. The van der Waals surface area contributed by atoms with E-state index in [2.05, 4.69) is 37.0 Å². The summed E-state index contributed by atoms with van der Waals surface area (Å²) in [5.74, 6) is 1.36. The van der Waals surface area contributed by atoms with Crippen molar-refractivity contribution in [3.8, 4) is 0 Å². The highest BCUT2D eigenvalue weighted by Crippen LogP contribution is 2.35. The summed E-state index contributed by atoms with van der Waals surface area (Å²) in [4.78, 5) is 24.0. The van der Waals surface area contributed by atoms with Crippen molar-refractivity contribution in [3.63, 3.8) is 0 Å². The predicted octanol–water partition coefficient (Wildman–Crippen LogP) is 2.87. The number of carbonyl (C=O) groups is 1. The SMILES string of the molecule is CC(=O)N(Cc1ccccc1)C1CCN(C2CC3COCCC2CN3c2nc(C)no2)CC1. The summed E-state index contributed by atoms with van der Waals surface area (Å²) in [5, 5.41) is 4.00. The van der Waals surface area contributed by atoms with Crippen molar-refractivity contribution in [3.05, 3.63) is 41.7 Å². The van der Waals surface area contributed by atoms with Gasteiger partial charge in [0.05, 0.1) is 12.6 Å². The molecule has 6 rings (SSSR count).